The molecule has 1 spiro atoms. The van der Waals surface area contributed by atoms with E-state index in [0.29, 0.717) is 148 Å². The summed E-state index contributed by atoms with van der Waals surface area (Å²) in [6.45, 7) is 20.7. The quantitative estimate of drug-likeness (QED) is 0.0240. The Balaban J connectivity index is 0.568. The first kappa shape index (κ1) is 89.2. The molecule has 1 aromatic heterocycles. The van der Waals surface area contributed by atoms with E-state index in [1.54, 1.807) is 63.8 Å². The number of aromatic nitrogens is 3. The van der Waals surface area contributed by atoms with Gasteiger partial charge in [0.15, 0.2) is 5.79 Å². The number of benzene rings is 1. The third kappa shape index (κ3) is 26.5. The molecule has 34 heteroatoms. The summed E-state index contributed by atoms with van der Waals surface area (Å²) in [5.74, 6) is -2.38. The number of carbonyl (C=O) groups excluding carboxylic acids is 6. The van der Waals surface area contributed by atoms with E-state index in [1.165, 1.54) is 17.1 Å². The van der Waals surface area contributed by atoms with Crippen molar-refractivity contribution in [2.24, 2.45) is 11.8 Å². The zero-order chi connectivity index (χ0) is 80.6. The number of alkyl carbamates (subject to hydrolysis) is 1. The van der Waals surface area contributed by atoms with Crippen molar-refractivity contribution < 1.29 is 120 Å². The molecule has 114 heavy (non-hydrogen) atoms. The summed E-state index contributed by atoms with van der Waals surface area (Å²) in [6.07, 6.45) is 5.58. The maximum Gasteiger partial charge on any atom is 0.414 e. The second-order valence-electron chi connectivity index (χ2n) is 31.3. The van der Waals surface area contributed by atoms with Crippen LogP contribution >= 0.6 is 21.6 Å². The minimum atomic E-state index is -1.08. The Morgan fingerprint density at radius 1 is 0.711 bits per heavy atom. The topological polar surface area (TPSA) is 361 Å². The van der Waals surface area contributed by atoms with Crippen LogP contribution in [0.4, 0.5) is 15.3 Å². The Kier molecular flexibility index (Phi) is 34.8. The van der Waals surface area contributed by atoms with Gasteiger partial charge in [0, 0.05) is 102 Å². The maximum absolute atomic E-state index is 14.5. The molecular weight excluding hydrogens is 1520 g/mol. The van der Waals surface area contributed by atoms with Crippen molar-refractivity contribution in [1.29, 1.82) is 0 Å². The number of methoxy groups -OCH3 is 1. The second-order valence-corrected chi connectivity index (χ2v) is 34.4. The number of rotatable bonds is 41. The number of hydrogen-bond acceptors (Lipinski definition) is 29. The highest BCUT2D eigenvalue weighted by Crippen LogP contribution is 2.50. The molecule has 8 fully saturated rings. The molecule has 5 amide bonds. The van der Waals surface area contributed by atoms with Gasteiger partial charge in [0.2, 0.25) is 5.91 Å². The molecule has 8 saturated heterocycles. The number of Topliss-reactive ketones (excluding diaryl/α,β-unsaturated/α-hetero) is 1. The number of aliphatic hydroxyl groups is 2. The number of ketones is 1. The molecule has 9 aliphatic heterocycles. The van der Waals surface area contributed by atoms with E-state index in [0.717, 1.165) is 41.7 Å². The number of carbonyl (C=O) groups is 6. The first-order chi connectivity index (χ1) is 55.1. The molecule has 0 radical (unpaired) electrons. The van der Waals surface area contributed by atoms with E-state index in [1.807, 2.05) is 20.1 Å². The van der Waals surface area contributed by atoms with E-state index in [4.69, 9.17) is 80.5 Å². The number of hydrogen-bond donors (Lipinski definition) is 4. The molecule has 18 atom stereocenters. The zero-order valence-corrected chi connectivity index (χ0v) is 68.2. The van der Waals surface area contributed by atoms with Gasteiger partial charge in [-0.05, 0) is 99.8 Å². The molecule has 1 aromatic carbocycles. The fourth-order valence-electron chi connectivity index (χ4n) is 16.3. The van der Waals surface area contributed by atoms with Gasteiger partial charge in [0.1, 0.15) is 36.9 Å². The van der Waals surface area contributed by atoms with Crippen LogP contribution in [0.5, 0.6) is 0 Å². The summed E-state index contributed by atoms with van der Waals surface area (Å²) in [7, 11) is 4.79. The largest absolute Gasteiger partial charge is 0.448 e. The molecular formula is C80H119N7O25S2. The van der Waals surface area contributed by atoms with Crippen LogP contribution in [0, 0.1) is 11.8 Å². The molecule has 0 saturated carbocycles. The predicted octanol–water partition coefficient (Wildman–Crippen LogP) is 6.46. The SMILES string of the molecule is C=C1C[C@@H]2CC[C@]34C[C@@H](O)[C@H](O3)[C@H]3C[C@@H](O4)[C@H]4O[C@H](CC[C@@H]4O3)CC(=O)C[C@@H]3[C@@H](OC)[C@@H](C[C@H](O)CNC(=O)OCc4ccc(N(CCOCCOCCOCCn5cc(COCCOCCOCCOCCNC(=O)CCN6C(=O)C=CC6=O)nn5)C(=O)OCC(C)(C)SSC)cc4)O[C@H]3C[C@H]3O[C@@H](CC[C@@H]1O2)C[C@@H](C)C3=C. The van der Waals surface area contributed by atoms with Gasteiger partial charge >= 0.3 is 12.2 Å². The first-order valence-electron chi connectivity index (χ1n) is 40.4. The van der Waals surface area contributed by atoms with Crippen LogP contribution in [0.15, 0.2) is 66.9 Å². The van der Waals surface area contributed by atoms with Crippen molar-refractivity contribution in [3.8, 4) is 0 Å². The van der Waals surface area contributed by atoms with Gasteiger partial charge in [-0.25, -0.2) is 14.3 Å². The molecule has 0 aliphatic carbocycles. The lowest BCUT2D eigenvalue weighted by atomic mass is 9.81. The molecule has 32 nitrogen and oxygen atoms in total. The lowest BCUT2D eigenvalue weighted by Gasteiger charge is -2.47. The van der Waals surface area contributed by atoms with E-state index in [-0.39, 0.29) is 150 Å². The Bertz CT molecular complexity index is 3450. The highest BCUT2D eigenvalue weighted by molar-refractivity contribution is 8.77. The Labute approximate surface area is 675 Å². The number of fused-ring (bicyclic) bond motifs is 9. The van der Waals surface area contributed by atoms with Crippen LogP contribution in [0.2, 0.25) is 0 Å². The van der Waals surface area contributed by atoms with E-state index in [2.05, 4.69) is 41.0 Å². The molecule has 11 rings (SSSR count). The molecule has 0 unspecified atom stereocenters. The van der Waals surface area contributed by atoms with Crippen LogP contribution in [0.1, 0.15) is 128 Å². The normalized spacial score (nSPS) is 30.0. The fourth-order valence-corrected chi connectivity index (χ4v) is 18.4. The monoisotopic (exact) mass is 1640 g/mol. The number of aliphatic hydroxyl groups excluding tert-OH is 2. The molecule has 4 N–H and O–H groups in total. The average Bonchev–Trinajstić information content (AvgIpc) is 1.58. The van der Waals surface area contributed by atoms with E-state index < -0.39 is 78.4 Å². The Morgan fingerprint density at radius 2 is 1.39 bits per heavy atom. The smallest absolute Gasteiger partial charge is 0.414 e. The lowest BCUT2D eigenvalue weighted by molar-refractivity contribution is -0.277. The van der Waals surface area contributed by atoms with Gasteiger partial charge < -0.3 is 101 Å². The van der Waals surface area contributed by atoms with Crippen molar-refractivity contribution >= 4 is 63.0 Å². The number of nitrogens with zero attached hydrogens (tertiary/aromatic N) is 5. The number of imide groups is 1. The molecule has 2 aromatic rings. The molecule has 10 heterocycles. The van der Waals surface area contributed by atoms with Gasteiger partial charge in [0.05, 0.1) is 196 Å². The van der Waals surface area contributed by atoms with Gasteiger partial charge in [0.25, 0.3) is 11.8 Å². The molecule has 636 valence electrons. The van der Waals surface area contributed by atoms with Crippen LogP contribution < -0.4 is 15.5 Å². The number of ether oxygens (including phenoxy) is 17. The highest BCUT2D eigenvalue weighted by atomic mass is 33.1. The Hall–Kier alpha value is -5.58. The van der Waals surface area contributed by atoms with Crippen molar-refractivity contribution in [3.05, 3.63) is 78.2 Å². The van der Waals surface area contributed by atoms with E-state index in [9.17, 15) is 39.0 Å². The second kappa shape index (κ2) is 44.5. The maximum atomic E-state index is 14.5. The lowest BCUT2D eigenvalue weighted by Crippen LogP contribution is -2.58. The highest BCUT2D eigenvalue weighted by Gasteiger charge is 2.60. The minimum Gasteiger partial charge on any atom is -0.448 e. The van der Waals surface area contributed by atoms with Crippen LogP contribution in [0.3, 0.4) is 0 Å². The summed E-state index contributed by atoms with van der Waals surface area (Å²) in [5, 5.41) is 36.6. The van der Waals surface area contributed by atoms with Crippen molar-refractivity contribution in [3.63, 3.8) is 0 Å². The third-order valence-electron chi connectivity index (χ3n) is 22.2. The van der Waals surface area contributed by atoms with Gasteiger partial charge in [-0.3, -0.25) is 29.0 Å². The van der Waals surface area contributed by atoms with Crippen molar-refractivity contribution in [1.82, 2.24) is 30.5 Å². The summed E-state index contributed by atoms with van der Waals surface area (Å²) in [4.78, 5) is 79.2. The summed E-state index contributed by atoms with van der Waals surface area (Å²) in [5.41, 5.74) is 3.89. The van der Waals surface area contributed by atoms with Crippen LogP contribution in [-0.4, -0.2) is 300 Å². The predicted molar refractivity (Wildman–Crippen MR) is 416 cm³/mol. The fraction of sp³-hybridized carbons (Fsp3) is 0.750. The van der Waals surface area contributed by atoms with Crippen LogP contribution in [0.25, 0.3) is 0 Å². The first-order valence-corrected chi connectivity index (χ1v) is 43.0. The third-order valence-corrected chi connectivity index (χ3v) is 24.7. The van der Waals surface area contributed by atoms with Crippen LogP contribution in [-0.2, 0) is 119 Å². The van der Waals surface area contributed by atoms with Gasteiger partial charge in [-0.15, -0.1) is 5.10 Å². The van der Waals surface area contributed by atoms with Gasteiger partial charge in [-0.1, -0.05) is 59.0 Å². The average molecular weight is 1640 g/mol. The van der Waals surface area contributed by atoms with Crippen molar-refractivity contribution in [2.75, 3.05) is 137 Å². The zero-order valence-electron chi connectivity index (χ0n) is 66.6. The minimum absolute atomic E-state index is 0.00123. The van der Waals surface area contributed by atoms with E-state index >= 15 is 0 Å². The number of anilines is 1. The standard InChI is InChI=1S/C80H119N7O25S2/c1-51-38-59-12-14-64-52(2)39-61(106-64)18-20-80-45-63(90)75(112-80)69-44-70(111-80)76-65(109-69)15-13-60(108-76)40-57(88)41-62-67(43-66(107-59)53(51)3)110-68(74(62)96-6)42-58(89)46-82-77(94)104-48-54-8-10-56(11-9-54)86(78(95)105-50-79(4,5)114-113-7)24-27-99-30-33-101-32-29-98-26-23-85-47-55(83-84-85)49-103-37-36-102-35-34-100-31-28-97-25-21-81-71(91)19-22-87-72(92)16-17-73(87)93/h8-11,16-17,47,51,58-70,74-76,89-90H,2-3,12-15,18-46,48-50H2,1,4-7H3,(H,81,91)(H,82,94)/t51-,58+,59+,60-,61+,62+,63-,64+,65+,66-,67+,68-,69-,70-,74-,75+,76+,80-/m1/s1. The summed E-state index contributed by atoms with van der Waals surface area (Å²) >= 11 is 0. The summed E-state index contributed by atoms with van der Waals surface area (Å²) in [6, 6.07) is 7.01. The Morgan fingerprint density at radius 3 is 2.12 bits per heavy atom. The van der Waals surface area contributed by atoms with Crippen molar-refractivity contribution in [2.45, 2.75) is 239 Å². The number of amides is 5. The number of nitrogens with one attached hydrogen (secondary N) is 2. The molecule has 10 bridgehead atoms. The molecule has 9 aliphatic rings. The van der Waals surface area contributed by atoms with Gasteiger partial charge in [-0.2, -0.15) is 0 Å². The summed E-state index contributed by atoms with van der Waals surface area (Å²) < 4.78 is 106.